The van der Waals surface area contributed by atoms with E-state index in [9.17, 15) is 0 Å². The van der Waals surface area contributed by atoms with E-state index in [0.29, 0.717) is 5.82 Å². The second-order valence-electron chi connectivity index (χ2n) is 6.12. The van der Waals surface area contributed by atoms with E-state index in [0.717, 1.165) is 35.1 Å². The molecular formula is C20H23N5. The molecule has 3 aromatic rings. The third kappa shape index (κ3) is 4.53. The first-order valence-corrected chi connectivity index (χ1v) is 8.58. The van der Waals surface area contributed by atoms with E-state index in [1.54, 1.807) is 0 Å². The van der Waals surface area contributed by atoms with Gasteiger partial charge in [-0.25, -0.2) is 15.0 Å². The quantitative estimate of drug-likeness (QED) is 0.686. The molecule has 3 rings (SSSR count). The minimum atomic E-state index is 0.280. The van der Waals surface area contributed by atoms with Gasteiger partial charge < -0.3 is 10.6 Å². The van der Waals surface area contributed by atoms with E-state index < -0.39 is 0 Å². The summed E-state index contributed by atoms with van der Waals surface area (Å²) in [5.74, 6) is 2.13. The highest BCUT2D eigenvalue weighted by Crippen LogP contribution is 2.22. The molecule has 25 heavy (non-hydrogen) atoms. The van der Waals surface area contributed by atoms with Crippen LogP contribution in [0.25, 0.3) is 11.5 Å². The van der Waals surface area contributed by atoms with Gasteiger partial charge in [0.2, 0.25) is 0 Å². The van der Waals surface area contributed by atoms with Gasteiger partial charge in [0, 0.05) is 23.5 Å². The Kier molecular flexibility index (Phi) is 5.23. The Morgan fingerprint density at radius 2 is 1.64 bits per heavy atom. The van der Waals surface area contributed by atoms with Crippen molar-refractivity contribution in [1.29, 1.82) is 0 Å². The van der Waals surface area contributed by atoms with Gasteiger partial charge >= 0.3 is 0 Å². The fraction of sp³-hybridized carbons (Fsp3) is 0.250. The monoisotopic (exact) mass is 333 g/mol. The summed E-state index contributed by atoms with van der Waals surface area (Å²) in [6.07, 6.45) is 0.882. The fourth-order valence-electron chi connectivity index (χ4n) is 2.47. The van der Waals surface area contributed by atoms with Crippen LogP contribution in [0.15, 0.2) is 54.6 Å². The maximum absolute atomic E-state index is 4.66. The van der Waals surface area contributed by atoms with Gasteiger partial charge in [-0.05, 0) is 44.5 Å². The molecule has 0 fully saturated rings. The number of benzene rings is 1. The van der Waals surface area contributed by atoms with Crippen molar-refractivity contribution in [3.8, 4) is 11.5 Å². The molecule has 2 aromatic heterocycles. The first-order chi connectivity index (χ1) is 12.1. The molecule has 0 atom stereocenters. The SMILES string of the molecule is CCc1cccc(-c2nc(Nc3ccccc3)cc(NC(C)C)n2)n1. The largest absolute Gasteiger partial charge is 0.368 e. The van der Waals surface area contributed by atoms with Gasteiger partial charge in [-0.15, -0.1) is 0 Å². The van der Waals surface area contributed by atoms with Crippen LogP contribution < -0.4 is 10.6 Å². The molecule has 0 aliphatic rings. The van der Waals surface area contributed by atoms with Gasteiger partial charge in [-0.1, -0.05) is 31.2 Å². The second kappa shape index (κ2) is 7.75. The van der Waals surface area contributed by atoms with E-state index in [1.807, 2.05) is 54.6 Å². The van der Waals surface area contributed by atoms with Crippen LogP contribution in [0, 0.1) is 0 Å². The van der Waals surface area contributed by atoms with Crippen molar-refractivity contribution in [2.45, 2.75) is 33.2 Å². The molecule has 0 saturated carbocycles. The minimum absolute atomic E-state index is 0.280. The average Bonchev–Trinajstić information content (AvgIpc) is 2.62. The summed E-state index contributed by atoms with van der Waals surface area (Å²) in [4.78, 5) is 13.9. The number of hydrogen-bond acceptors (Lipinski definition) is 5. The molecule has 2 N–H and O–H groups in total. The molecule has 0 aliphatic carbocycles. The van der Waals surface area contributed by atoms with Crippen molar-refractivity contribution < 1.29 is 0 Å². The van der Waals surface area contributed by atoms with Crippen LogP contribution >= 0.6 is 0 Å². The third-order valence-corrected chi connectivity index (χ3v) is 3.61. The van der Waals surface area contributed by atoms with Crippen molar-refractivity contribution in [3.05, 3.63) is 60.3 Å². The maximum atomic E-state index is 4.66. The van der Waals surface area contributed by atoms with E-state index >= 15 is 0 Å². The van der Waals surface area contributed by atoms with Crippen LogP contribution in [-0.2, 0) is 6.42 Å². The highest BCUT2D eigenvalue weighted by molar-refractivity contribution is 5.63. The number of para-hydroxylation sites is 1. The van der Waals surface area contributed by atoms with Crippen molar-refractivity contribution in [1.82, 2.24) is 15.0 Å². The Balaban J connectivity index is 2.00. The number of aromatic nitrogens is 3. The average molecular weight is 333 g/mol. The molecular weight excluding hydrogens is 310 g/mol. The Labute approximate surface area is 148 Å². The predicted molar refractivity (Wildman–Crippen MR) is 103 cm³/mol. The molecule has 5 heteroatoms. The highest BCUT2D eigenvalue weighted by atomic mass is 15.1. The molecule has 0 amide bonds. The second-order valence-corrected chi connectivity index (χ2v) is 6.12. The summed E-state index contributed by atoms with van der Waals surface area (Å²) < 4.78 is 0. The molecule has 0 aliphatic heterocycles. The molecule has 5 nitrogen and oxygen atoms in total. The zero-order valence-electron chi connectivity index (χ0n) is 14.8. The molecule has 0 bridgehead atoms. The zero-order chi connectivity index (χ0) is 17.6. The van der Waals surface area contributed by atoms with Gasteiger partial charge in [0.05, 0.1) is 0 Å². The van der Waals surface area contributed by atoms with Gasteiger partial charge in [0.1, 0.15) is 17.3 Å². The van der Waals surface area contributed by atoms with Crippen LogP contribution in [0.5, 0.6) is 0 Å². The zero-order valence-corrected chi connectivity index (χ0v) is 14.8. The van der Waals surface area contributed by atoms with E-state index in [-0.39, 0.29) is 6.04 Å². The summed E-state index contributed by atoms with van der Waals surface area (Å²) in [5, 5.41) is 6.69. The number of pyridine rings is 1. The lowest BCUT2D eigenvalue weighted by Gasteiger charge is -2.13. The number of anilines is 3. The molecule has 0 radical (unpaired) electrons. The summed E-state index contributed by atoms with van der Waals surface area (Å²) in [7, 11) is 0. The van der Waals surface area contributed by atoms with Gasteiger partial charge in [-0.3, -0.25) is 0 Å². The molecule has 1 aromatic carbocycles. The highest BCUT2D eigenvalue weighted by Gasteiger charge is 2.10. The van der Waals surface area contributed by atoms with Crippen molar-refractivity contribution in [2.75, 3.05) is 10.6 Å². The molecule has 2 heterocycles. The molecule has 0 unspecified atom stereocenters. The standard InChI is InChI=1S/C20H23N5/c1-4-15-11-8-12-17(22-15)20-24-18(21-14(2)3)13-19(25-20)23-16-9-6-5-7-10-16/h5-14H,4H2,1-3H3,(H2,21,23,24,25). The lowest BCUT2D eigenvalue weighted by molar-refractivity contribution is 0.886. The number of nitrogens with one attached hydrogen (secondary N) is 2. The molecule has 0 spiro atoms. The van der Waals surface area contributed by atoms with Crippen LogP contribution in [-0.4, -0.2) is 21.0 Å². The van der Waals surface area contributed by atoms with Crippen LogP contribution in [0.1, 0.15) is 26.5 Å². The van der Waals surface area contributed by atoms with Crippen molar-refractivity contribution in [3.63, 3.8) is 0 Å². The maximum Gasteiger partial charge on any atom is 0.182 e. The van der Waals surface area contributed by atoms with Gasteiger partial charge in [0.25, 0.3) is 0 Å². The van der Waals surface area contributed by atoms with Crippen LogP contribution in [0.3, 0.4) is 0 Å². The van der Waals surface area contributed by atoms with E-state index in [2.05, 4.69) is 46.4 Å². The smallest absolute Gasteiger partial charge is 0.182 e. The topological polar surface area (TPSA) is 62.7 Å². The first kappa shape index (κ1) is 16.9. The first-order valence-electron chi connectivity index (χ1n) is 8.58. The molecule has 0 saturated heterocycles. The van der Waals surface area contributed by atoms with Crippen molar-refractivity contribution in [2.24, 2.45) is 0 Å². The summed E-state index contributed by atoms with van der Waals surface area (Å²) in [5.41, 5.74) is 2.79. The summed E-state index contributed by atoms with van der Waals surface area (Å²) in [6, 6.07) is 18.1. The number of rotatable bonds is 6. The number of nitrogens with zero attached hydrogens (tertiary/aromatic N) is 3. The molecule has 128 valence electrons. The minimum Gasteiger partial charge on any atom is -0.368 e. The van der Waals surface area contributed by atoms with E-state index in [1.165, 1.54) is 0 Å². The Morgan fingerprint density at radius 3 is 2.36 bits per heavy atom. The lowest BCUT2D eigenvalue weighted by atomic mass is 10.2. The van der Waals surface area contributed by atoms with Gasteiger partial charge in [-0.2, -0.15) is 0 Å². The van der Waals surface area contributed by atoms with Gasteiger partial charge in [0.15, 0.2) is 5.82 Å². The van der Waals surface area contributed by atoms with E-state index in [4.69, 9.17) is 0 Å². The fourth-order valence-corrected chi connectivity index (χ4v) is 2.47. The summed E-state index contributed by atoms with van der Waals surface area (Å²) in [6.45, 7) is 6.26. The Morgan fingerprint density at radius 1 is 0.880 bits per heavy atom. The Bertz CT molecular complexity index is 830. The predicted octanol–water partition coefficient (Wildman–Crippen LogP) is 4.66. The van der Waals surface area contributed by atoms with Crippen molar-refractivity contribution >= 4 is 17.3 Å². The normalized spacial score (nSPS) is 10.7. The van der Waals surface area contributed by atoms with Crippen LogP contribution in [0.4, 0.5) is 17.3 Å². The van der Waals surface area contributed by atoms with Crippen LogP contribution in [0.2, 0.25) is 0 Å². The lowest BCUT2D eigenvalue weighted by Crippen LogP contribution is -2.12. The third-order valence-electron chi connectivity index (χ3n) is 3.61. The number of aryl methyl sites for hydroxylation is 1. The summed E-state index contributed by atoms with van der Waals surface area (Å²) >= 11 is 0. The Hall–Kier alpha value is -2.95. The number of hydrogen-bond donors (Lipinski definition) is 2.